The van der Waals surface area contributed by atoms with E-state index in [1.165, 1.54) is 0 Å². The summed E-state index contributed by atoms with van der Waals surface area (Å²) in [7, 11) is 0. The summed E-state index contributed by atoms with van der Waals surface area (Å²) in [5.41, 5.74) is 21.1. The third-order valence-corrected chi connectivity index (χ3v) is 16.4. The molecule has 0 radical (unpaired) electrons. The number of unbranched alkanes of at least 4 members (excludes halogenated alkanes) is 1. The predicted octanol–water partition coefficient (Wildman–Crippen LogP) is 10.0. The quantitative estimate of drug-likeness (QED) is 0.0107. The van der Waals surface area contributed by atoms with Gasteiger partial charge in [0.05, 0.1) is 92.0 Å². The summed E-state index contributed by atoms with van der Waals surface area (Å²) < 4.78 is 22.4. The van der Waals surface area contributed by atoms with Crippen LogP contribution in [-0.4, -0.2) is 151 Å². The number of hydrogen-bond donors (Lipinski definition) is 5. The largest absolute Gasteiger partial charge is 0.494 e. The van der Waals surface area contributed by atoms with Crippen LogP contribution >= 0.6 is 11.6 Å². The van der Waals surface area contributed by atoms with E-state index in [-0.39, 0.29) is 37.8 Å². The highest BCUT2D eigenvalue weighted by atomic mass is 35.5. The zero-order valence-electron chi connectivity index (χ0n) is 52.5. The Labute approximate surface area is 556 Å². The van der Waals surface area contributed by atoms with E-state index >= 15 is 4.79 Å². The van der Waals surface area contributed by atoms with Gasteiger partial charge < -0.3 is 50.2 Å². The highest BCUT2D eigenvalue weighted by Gasteiger charge is 2.44. The molecule has 1 saturated heterocycles. The molecule has 94 heavy (non-hydrogen) atoms. The smallest absolute Gasteiger partial charge is 0.335 e. The van der Waals surface area contributed by atoms with E-state index in [1.54, 1.807) is 12.1 Å². The first-order valence-electron chi connectivity index (χ1n) is 31.7. The molecule has 0 bridgehead atoms. The summed E-state index contributed by atoms with van der Waals surface area (Å²) in [6.45, 7) is 7.52. The molecule has 9 rings (SSSR count). The molecule has 500 valence electrons. The lowest BCUT2D eigenvalue weighted by Gasteiger charge is -2.40. The van der Waals surface area contributed by atoms with Crippen molar-refractivity contribution in [2.45, 2.75) is 134 Å². The highest BCUT2D eigenvalue weighted by molar-refractivity contribution is 6.30. The molecule has 1 saturated carbocycles. The summed E-state index contributed by atoms with van der Waals surface area (Å²) in [6.07, 6.45) is 9.18. The van der Waals surface area contributed by atoms with E-state index in [0.29, 0.717) is 116 Å². The minimum atomic E-state index is -1.20. The third kappa shape index (κ3) is 23.6. The number of aromatic carboxylic acids is 1. The number of rotatable bonds is 35. The number of aliphatic hydroxyl groups is 2. The second-order valence-electron chi connectivity index (χ2n) is 23.2. The van der Waals surface area contributed by atoms with E-state index in [4.69, 9.17) is 41.8 Å². The molecule has 22 nitrogen and oxygen atoms in total. The van der Waals surface area contributed by atoms with Gasteiger partial charge in [-0.3, -0.25) is 39.3 Å². The number of carboxylic acids is 1. The second kappa shape index (κ2) is 39.5. The van der Waals surface area contributed by atoms with Gasteiger partial charge in [0.15, 0.2) is 0 Å². The standard InChI is InChI=1S/C57H60ClN7O4.C13H25N5O6.CH4/c58-49-24-22-48(23-25-49)57(26-6-1-7-27-57)56(68)65(39-44-18-20-47(21-19-44)55(66)67)32-12-13-33-69-54-35-45(37-63(40-50-14-2-8-28-59-50)41-51-15-3-9-29-60-51)34-46(36-54)38-64(42-52-16-4-10-30-61-52)43-53-17-5-11-31-62-53;14-1-3-22-5-6-23-4-2-16-11(19)7-9-12(20)13(21)10(24-9)8-17-18-15;/h2-5,8-11,14-25,28-31,34-36H,1,6-7,12-13,26-27,32-33,37-43H2,(H,66,67);9-10,12-13,20-21H,1-8,14H2,(H,16,19);1H4/t;9-,10-,12+,13-;/m.1./s1. The number of halogens is 1. The Balaban J connectivity index is 0.000000423. The fourth-order valence-corrected chi connectivity index (χ4v) is 11.7. The van der Waals surface area contributed by atoms with Crippen LogP contribution < -0.4 is 15.8 Å². The van der Waals surface area contributed by atoms with Gasteiger partial charge in [0, 0.05) is 100 Å². The number of benzene rings is 3. The number of aromatic nitrogens is 4. The number of azide groups is 1. The third-order valence-electron chi connectivity index (χ3n) is 16.1. The van der Waals surface area contributed by atoms with Crippen LogP contribution in [0, 0.1) is 0 Å². The molecule has 23 heteroatoms. The Hall–Kier alpha value is -8.25. The van der Waals surface area contributed by atoms with Crippen LogP contribution in [0.25, 0.3) is 10.4 Å². The van der Waals surface area contributed by atoms with Crippen molar-refractivity contribution in [1.29, 1.82) is 0 Å². The summed E-state index contributed by atoms with van der Waals surface area (Å²) in [6, 6.07) is 45.2. The van der Waals surface area contributed by atoms with Gasteiger partial charge in [0.1, 0.15) is 18.0 Å². The molecular weight excluding hydrogens is 1220 g/mol. The van der Waals surface area contributed by atoms with Gasteiger partial charge in [0.25, 0.3) is 0 Å². The first-order chi connectivity index (χ1) is 45.4. The van der Waals surface area contributed by atoms with Crippen LogP contribution in [0.5, 0.6) is 5.75 Å². The molecule has 7 aromatic rings. The molecule has 4 aromatic heterocycles. The Morgan fingerprint density at radius 3 is 1.68 bits per heavy atom. The van der Waals surface area contributed by atoms with Crippen molar-refractivity contribution in [3.8, 4) is 5.75 Å². The molecule has 0 unspecified atom stereocenters. The van der Waals surface area contributed by atoms with Crippen molar-refractivity contribution in [2.75, 3.05) is 59.2 Å². The van der Waals surface area contributed by atoms with Crippen molar-refractivity contribution < 1.29 is 48.7 Å². The average molecular weight is 1310 g/mol. The first kappa shape index (κ1) is 73.2. The summed E-state index contributed by atoms with van der Waals surface area (Å²) in [5, 5.41) is 35.8. The van der Waals surface area contributed by atoms with Gasteiger partial charge in [-0.15, -0.1) is 0 Å². The lowest BCUT2D eigenvalue weighted by Crippen LogP contribution is -2.48. The minimum absolute atomic E-state index is 0. The lowest BCUT2D eigenvalue weighted by atomic mass is 9.68. The Bertz CT molecular complexity index is 3200. The highest BCUT2D eigenvalue weighted by Crippen LogP contribution is 2.42. The maximum atomic E-state index is 15.0. The number of nitrogens with one attached hydrogen (secondary N) is 1. The van der Waals surface area contributed by atoms with Gasteiger partial charge in [0.2, 0.25) is 11.8 Å². The number of ether oxygens (including phenoxy) is 4. The molecule has 2 fully saturated rings. The van der Waals surface area contributed by atoms with E-state index < -0.39 is 35.8 Å². The fourth-order valence-electron chi connectivity index (χ4n) is 11.6. The van der Waals surface area contributed by atoms with E-state index in [9.17, 15) is 24.9 Å². The SMILES string of the molecule is C.O=C(O)c1ccc(CN(CCCCOc2cc(CN(Cc3ccccn3)Cc3ccccn3)cc(CN(Cc3ccccn3)Cc3ccccn3)c2)C(=O)C2(c3ccc(Cl)cc3)CCCCC2)cc1.[N-]=[N+]=NC[C@H]1O[C@H](CC(=O)NCCOCCOCCN)[C@H](O)[C@@H]1O. The van der Waals surface area contributed by atoms with Crippen molar-refractivity contribution in [3.05, 3.63) is 230 Å². The maximum absolute atomic E-state index is 15.0. The lowest BCUT2D eigenvalue weighted by molar-refractivity contribution is -0.139. The molecule has 2 amide bonds. The van der Waals surface area contributed by atoms with Gasteiger partial charge >= 0.3 is 5.97 Å². The number of nitrogens with two attached hydrogens (primary N) is 1. The Morgan fingerprint density at radius 1 is 0.649 bits per heavy atom. The van der Waals surface area contributed by atoms with Gasteiger partial charge in [-0.25, -0.2) is 4.79 Å². The zero-order valence-corrected chi connectivity index (χ0v) is 53.3. The normalized spacial score (nSPS) is 16.4. The number of carboxylic acid groups (broad SMARTS) is 1. The predicted molar refractivity (Wildman–Crippen MR) is 359 cm³/mol. The summed E-state index contributed by atoms with van der Waals surface area (Å²) >= 11 is 6.34. The zero-order chi connectivity index (χ0) is 65.5. The van der Waals surface area contributed by atoms with Gasteiger partial charge in [-0.1, -0.05) is 98.0 Å². The van der Waals surface area contributed by atoms with Gasteiger partial charge in [-0.2, -0.15) is 0 Å². The number of pyridine rings is 4. The second-order valence-corrected chi connectivity index (χ2v) is 23.6. The van der Waals surface area contributed by atoms with E-state index in [0.717, 1.165) is 82.9 Å². The fraction of sp³-hybridized carbons (Fsp3) is 0.423. The monoisotopic (exact) mass is 1300 g/mol. The van der Waals surface area contributed by atoms with E-state index in [1.807, 2.05) is 115 Å². The first-order valence-corrected chi connectivity index (χ1v) is 32.1. The van der Waals surface area contributed by atoms with Crippen LogP contribution in [0.15, 0.2) is 169 Å². The molecule has 5 heterocycles. The van der Waals surface area contributed by atoms with Crippen molar-refractivity contribution in [2.24, 2.45) is 10.8 Å². The number of hydrogen-bond acceptors (Lipinski definition) is 17. The molecule has 6 N–H and O–H groups in total. The number of carbonyl (C=O) groups is 3. The minimum Gasteiger partial charge on any atom is -0.494 e. The van der Waals surface area contributed by atoms with Crippen LogP contribution in [0.2, 0.25) is 5.02 Å². The van der Waals surface area contributed by atoms with Crippen LogP contribution in [0.3, 0.4) is 0 Å². The van der Waals surface area contributed by atoms with Crippen LogP contribution in [-0.2, 0) is 75.0 Å². The molecule has 1 aliphatic heterocycles. The number of carbonyl (C=O) groups excluding carboxylic acids is 2. The van der Waals surface area contributed by atoms with Gasteiger partial charge in [-0.05, 0) is 138 Å². The molecule has 2 aliphatic rings. The Morgan fingerprint density at radius 2 is 1.18 bits per heavy atom. The molecule has 4 atom stereocenters. The summed E-state index contributed by atoms with van der Waals surface area (Å²) in [4.78, 5) is 66.4. The molecule has 3 aromatic carbocycles. The summed E-state index contributed by atoms with van der Waals surface area (Å²) in [5.74, 6) is -0.427. The van der Waals surface area contributed by atoms with Crippen LogP contribution in [0.1, 0.15) is 114 Å². The molecular formula is C71H89ClN12O10. The number of nitrogens with zero attached hydrogens (tertiary/aromatic N) is 10. The van der Waals surface area contributed by atoms with Crippen LogP contribution in [0.4, 0.5) is 0 Å². The topological polar surface area (TPSA) is 297 Å². The maximum Gasteiger partial charge on any atom is 0.335 e. The number of amides is 2. The van der Waals surface area contributed by atoms with Crippen molar-refractivity contribution in [1.82, 2.24) is 40.0 Å². The van der Waals surface area contributed by atoms with E-state index in [2.05, 4.69) is 87.5 Å². The average Bonchev–Trinajstić information content (AvgIpc) is 1.01. The Kier molecular flexibility index (Phi) is 30.7. The van der Waals surface area contributed by atoms with Crippen molar-refractivity contribution >= 4 is 29.4 Å². The molecule has 0 spiro atoms. The van der Waals surface area contributed by atoms with Crippen molar-refractivity contribution in [3.63, 3.8) is 0 Å². The molecule has 1 aliphatic carbocycles. The number of aliphatic hydroxyl groups excluding tert-OH is 2.